The first-order valence-electron chi connectivity index (χ1n) is 5.64. The molecule has 0 spiro atoms. The van der Waals surface area contributed by atoms with Crippen LogP contribution >= 0.6 is 0 Å². The van der Waals surface area contributed by atoms with Crippen LogP contribution in [0.4, 0.5) is 5.82 Å². The molecule has 1 amide bonds. The minimum Gasteiger partial charge on any atom is -0.353 e. The van der Waals surface area contributed by atoms with Gasteiger partial charge < -0.3 is 10.7 Å². The minimum atomic E-state index is -0.0915. The number of nitrogens with two attached hydrogens (primary N) is 1. The van der Waals surface area contributed by atoms with Crippen LogP contribution in [0.1, 0.15) is 12.5 Å². The summed E-state index contributed by atoms with van der Waals surface area (Å²) in [6.45, 7) is 4.21. The number of anilines is 1. The van der Waals surface area contributed by atoms with Gasteiger partial charge in [0.05, 0.1) is 6.04 Å². The third-order valence-corrected chi connectivity index (χ3v) is 2.98. The maximum atomic E-state index is 11.5. The van der Waals surface area contributed by atoms with E-state index in [9.17, 15) is 4.79 Å². The fourth-order valence-electron chi connectivity index (χ4n) is 1.93. The first-order chi connectivity index (χ1) is 8.20. The van der Waals surface area contributed by atoms with E-state index >= 15 is 0 Å². The van der Waals surface area contributed by atoms with E-state index in [0.29, 0.717) is 12.4 Å². The Hall–Kier alpha value is -1.66. The topological polar surface area (TPSA) is 83.3 Å². The first kappa shape index (κ1) is 11.8. The van der Waals surface area contributed by atoms with Crippen molar-refractivity contribution < 1.29 is 4.79 Å². The summed E-state index contributed by atoms with van der Waals surface area (Å²) in [6, 6.07) is 3.73. The Labute approximate surface area is 100 Å². The van der Waals surface area contributed by atoms with Crippen molar-refractivity contribution in [2.45, 2.75) is 19.5 Å². The molecular weight excluding hydrogens is 218 g/mol. The molecule has 1 fully saturated rings. The van der Waals surface area contributed by atoms with Crippen LogP contribution in [0.25, 0.3) is 0 Å². The fourth-order valence-corrected chi connectivity index (χ4v) is 1.93. The third-order valence-electron chi connectivity index (χ3n) is 2.98. The van der Waals surface area contributed by atoms with Crippen molar-refractivity contribution >= 4 is 11.7 Å². The summed E-state index contributed by atoms with van der Waals surface area (Å²) in [6.07, 6.45) is 1.71. The molecule has 4 N–H and O–H groups in total. The van der Waals surface area contributed by atoms with Crippen LogP contribution in [0.2, 0.25) is 0 Å². The minimum absolute atomic E-state index is 0.0856. The molecule has 0 radical (unpaired) electrons. The van der Waals surface area contributed by atoms with Gasteiger partial charge in [0.25, 0.3) is 0 Å². The Bertz CT molecular complexity index is 409. The van der Waals surface area contributed by atoms with E-state index in [1.54, 1.807) is 6.20 Å². The number of amides is 1. The second-order valence-corrected chi connectivity index (χ2v) is 4.13. The lowest BCUT2D eigenvalue weighted by Gasteiger charge is -2.32. The van der Waals surface area contributed by atoms with Crippen molar-refractivity contribution in [1.82, 2.24) is 15.2 Å². The van der Waals surface area contributed by atoms with Crippen LogP contribution in [0, 0.1) is 0 Å². The Morgan fingerprint density at radius 1 is 1.71 bits per heavy atom. The zero-order valence-corrected chi connectivity index (χ0v) is 9.81. The van der Waals surface area contributed by atoms with Crippen molar-refractivity contribution in [3.8, 4) is 0 Å². The van der Waals surface area contributed by atoms with Gasteiger partial charge in [0.15, 0.2) is 0 Å². The molecule has 1 saturated heterocycles. The van der Waals surface area contributed by atoms with Gasteiger partial charge in [0, 0.05) is 25.8 Å². The molecule has 1 atom stereocenters. The van der Waals surface area contributed by atoms with Crippen molar-refractivity contribution in [1.29, 1.82) is 0 Å². The number of carbonyl (C=O) groups excluding carboxylic acids is 1. The Kier molecular flexibility index (Phi) is 3.55. The molecule has 92 valence electrons. The summed E-state index contributed by atoms with van der Waals surface area (Å²) in [5, 5.41) is 2.84. The maximum Gasteiger partial charge on any atom is 0.237 e. The highest BCUT2D eigenvalue weighted by atomic mass is 16.2. The Morgan fingerprint density at radius 3 is 3.29 bits per heavy atom. The monoisotopic (exact) mass is 235 g/mol. The first-order valence-corrected chi connectivity index (χ1v) is 5.64. The van der Waals surface area contributed by atoms with Crippen molar-refractivity contribution in [2.24, 2.45) is 5.84 Å². The molecule has 2 heterocycles. The average molecular weight is 235 g/mol. The van der Waals surface area contributed by atoms with Gasteiger partial charge in [-0.15, -0.1) is 0 Å². The molecule has 17 heavy (non-hydrogen) atoms. The summed E-state index contributed by atoms with van der Waals surface area (Å²) >= 11 is 0. The average Bonchev–Trinajstić information content (AvgIpc) is 2.35. The lowest BCUT2D eigenvalue weighted by molar-refractivity contribution is -0.128. The fraction of sp³-hybridized carbons (Fsp3) is 0.455. The quantitative estimate of drug-likeness (QED) is 0.494. The molecule has 0 saturated carbocycles. The maximum absolute atomic E-state index is 11.5. The highest BCUT2D eigenvalue weighted by Crippen LogP contribution is 2.12. The van der Waals surface area contributed by atoms with Crippen LogP contribution in [0.15, 0.2) is 18.3 Å². The van der Waals surface area contributed by atoms with Crippen molar-refractivity contribution in [2.75, 3.05) is 18.5 Å². The standard InChI is InChI=1S/C11H17N5O/c1-8-11(17)14-4-5-16(8)7-9-2-3-13-10(6-9)15-12/h2-3,6,8H,4-5,7,12H2,1H3,(H,13,15)(H,14,17). The van der Waals surface area contributed by atoms with Crippen LogP contribution in [0.3, 0.4) is 0 Å². The molecule has 2 rings (SSSR count). The van der Waals surface area contributed by atoms with Gasteiger partial charge in [-0.1, -0.05) is 0 Å². The molecule has 0 aromatic carbocycles. The molecule has 1 aliphatic rings. The van der Waals surface area contributed by atoms with Crippen LogP contribution in [-0.4, -0.2) is 34.9 Å². The molecule has 1 unspecified atom stereocenters. The number of pyridine rings is 1. The molecule has 0 aliphatic carbocycles. The normalized spacial score (nSPS) is 21.1. The van der Waals surface area contributed by atoms with Crippen LogP contribution in [-0.2, 0) is 11.3 Å². The van der Waals surface area contributed by atoms with E-state index in [4.69, 9.17) is 5.84 Å². The predicted molar refractivity (Wildman–Crippen MR) is 64.9 cm³/mol. The summed E-state index contributed by atoms with van der Waals surface area (Å²) < 4.78 is 0. The molecule has 1 aromatic heterocycles. The number of hydrogen-bond donors (Lipinski definition) is 3. The zero-order chi connectivity index (χ0) is 12.3. The van der Waals surface area contributed by atoms with E-state index in [-0.39, 0.29) is 11.9 Å². The second-order valence-electron chi connectivity index (χ2n) is 4.13. The number of piperazine rings is 1. The molecule has 1 aliphatic heterocycles. The molecular formula is C11H17N5O. The summed E-state index contributed by atoms with van der Waals surface area (Å²) in [5.74, 6) is 6.03. The van der Waals surface area contributed by atoms with E-state index in [1.807, 2.05) is 19.1 Å². The zero-order valence-electron chi connectivity index (χ0n) is 9.81. The van der Waals surface area contributed by atoms with Crippen LogP contribution < -0.4 is 16.6 Å². The number of hydrazine groups is 1. The summed E-state index contributed by atoms with van der Waals surface area (Å²) in [7, 11) is 0. The van der Waals surface area contributed by atoms with Crippen molar-refractivity contribution in [3.63, 3.8) is 0 Å². The van der Waals surface area contributed by atoms with Gasteiger partial charge >= 0.3 is 0 Å². The number of carbonyl (C=O) groups is 1. The predicted octanol–water partition coefficient (Wildman–Crippen LogP) is -0.312. The largest absolute Gasteiger partial charge is 0.353 e. The number of nitrogen functional groups attached to an aromatic ring is 1. The summed E-state index contributed by atoms with van der Waals surface area (Å²) in [5.41, 5.74) is 3.61. The Morgan fingerprint density at radius 2 is 2.53 bits per heavy atom. The lowest BCUT2D eigenvalue weighted by atomic mass is 10.1. The number of rotatable bonds is 3. The van der Waals surface area contributed by atoms with E-state index < -0.39 is 0 Å². The molecule has 6 nitrogen and oxygen atoms in total. The van der Waals surface area contributed by atoms with E-state index in [0.717, 1.165) is 18.7 Å². The number of aromatic nitrogens is 1. The lowest BCUT2D eigenvalue weighted by Crippen LogP contribution is -2.53. The number of hydrogen-bond acceptors (Lipinski definition) is 5. The van der Waals surface area contributed by atoms with Gasteiger partial charge in [-0.25, -0.2) is 10.8 Å². The van der Waals surface area contributed by atoms with E-state index in [1.165, 1.54) is 0 Å². The van der Waals surface area contributed by atoms with Gasteiger partial charge in [-0.05, 0) is 24.6 Å². The highest BCUT2D eigenvalue weighted by Gasteiger charge is 2.25. The van der Waals surface area contributed by atoms with Crippen molar-refractivity contribution in [3.05, 3.63) is 23.9 Å². The Balaban J connectivity index is 2.06. The van der Waals surface area contributed by atoms with Gasteiger partial charge in [-0.2, -0.15) is 0 Å². The summed E-state index contributed by atoms with van der Waals surface area (Å²) in [4.78, 5) is 17.7. The molecule has 1 aromatic rings. The van der Waals surface area contributed by atoms with Crippen LogP contribution in [0.5, 0.6) is 0 Å². The van der Waals surface area contributed by atoms with Gasteiger partial charge in [0.2, 0.25) is 5.91 Å². The van der Waals surface area contributed by atoms with Gasteiger partial charge in [0.1, 0.15) is 5.82 Å². The molecule has 6 heteroatoms. The number of nitrogens with one attached hydrogen (secondary N) is 2. The van der Waals surface area contributed by atoms with Gasteiger partial charge in [-0.3, -0.25) is 9.69 Å². The SMILES string of the molecule is CC1C(=O)NCCN1Cc1ccnc(NN)c1. The second kappa shape index (κ2) is 5.11. The number of nitrogens with zero attached hydrogens (tertiary/aromatic N) is 2. The van der Waals surface area contributed by atoms with E-state index in [2.05, 4.69) is 20.6 Å². The highest BCUT2D eigenvalue weighted by molar-refractivity contribution is 5.81. The molecule has 0 bridgehead atoms. The smallest absolute Gasteiger partial charge is 0.237 e. The third kappa shape index (κ3) is 2.72.